The molecule has 144 valence electrons. The fourth-order valence-corrected chi connectivity index (χ4v) is 4.20. The Balaban J connectivity index is 1.77. The second-order valence-electron chi connectivity index (χ2n) is 7.81. The van der Waals surface area contributed by atoms with Crippen LogP contribution in [0, 0.1) is 0 Å². The monoisotopic (exact) mass is 361 g/mol. The van der Waals surface area contributed by atoms with E-state index in [1.54, 1.807) is 11.1 Å². The van der Waals surface area contributed by atoms with Crippen LogP contribution in [-0.4, -0.2) is 64.4 Å². The van der Waals surface area contributed by atoms with Crippen molar-refractivity contribution in [3.8, 4) is 0 Å². The number of pyridine rings is 1. The quantitative estimate of drug-likeness (QED) is 0.860. The summed E-state index contributed by atoms with van der Waals surface area (Å²) in [4.78, 5) is 21.7. The summed E-state index contributed by atoms with van der Waals surface area (Å²) in [6.45, 7) is 0.803. The normalized spacial score (nSPS) is 25.0. The first-order chi connectivity index (χ1) is 12.5. The first-order valence-corrected chi connectivity index (χ1v) is 9.84. The van der Waals surface area contributed by atoms with Crippen molar-refractivity contribution in [2.24, 2.45) is 0 Å². The average molecular weight is 361 g/mol. The highest BCUT2D eigenvalue weighted by Gasteiger charge is 2.32. The molecule has 1 atom stereocenters. The lowest BCUT2D eigenvalue weighted by Crippen LogP contribution is -2.38. The highest BCUT2D eigenvalue weighted by molar-refractivity contribution is 5.99. The van der Waals surface area contributed by atoms with Gasteiger partial charge in [-0.2, -0.15) is 0 Å². The molecule has 1 aromatic heterocycles. The minimum Gasteiger partial charge on any atom is -0.393 e. The highest BCUT2D eigenvalue weighted by atomic mass is 16.3. The first kappa shape index (κ1) is 19.1. The van der Waals surface area contributed by atoms with E-state index in [-0.39, 0.29) is 12.5 Å². The van der Waals surface area contributed by atoms with E-state index in [1.165, 1.54) is 19.3 Å². The number of anilines is 1. The molecule has 1 amide bonds. The zero-order chi connectivity index (χ0) is 18.6. The van der Waals surface area contributed by atoms with Crippen LogP contribution in [0.3, 0.4) is 0 Å². The molecule has 0 spiro atoms. The second kappa shape index (κ2) is 8.35. The van der Waals surface area contributed by atoms with Crippen LogP contribution < -0.4 is 4.90 Å². The van der Waals surface area contributed by atoms with Crippen molar-refractivity contribution >= 4 is 11.7 Å². The van der Waals surface area contributed by atoms with E-state index in [9.17, 15) is 15.0 Å². The third-order valence-electron chi connectivity index (χ3n) is 5.97. The van der Waals surface area contributed by atoms with Crippen LogP contribution in [-0.2, 0) is 0 Å². The number of aromatic nitrogens is 1. The molecule has 1 saturated carbocycles. The van der Waals surface area contributed by atoms with Crippen LogP contribution in [0.25, 0.3) is 0 Å². The number of aliphatic hydroxyl groups excluding tert-OH is 1. The molecule has 1 saturated heterocycles. The summed E-state index contributed by atoms with van der Waals surface area (Å²) in [6, 6.07) is 4.11. The van der Waals surface area contributed by atoms with E-state index >= 15 is 0 Å². The number of nitrogens with zero attached hydrogens (tertiary/aromatic N) is 3. The van der Waals surface area contributed by atoms with Crippen LogP contribution in [0.4, 0.5) is 5.82 Å². The summed E-state index contributed by atoms with van der Waals surface area (Å²) < 4.78 is 0. The zero-order valence-electron chi connectivity index (χ0n) is 15.7. The standard InChI is InChI=1S/C20H31N3O3/c1-22(16-7-3-2-4-8-16)18-17(9-5-12-21-18)19(25)23-13-6-10-20(26,15-24)11-14-23/h5,9,12,16,24,26H,2-4,6-8,10-11,13-15H2,1H3/t20-/m0/s1. The summed E-state index contributed by atoms with van der Waals surface area (Å²) >= 11 is 0. The maximum atomic E-state index is 13.2. The molecule has 2 aliphatic rings. The summed E-state index contributed by atoms with van der Waals surface area (Å²) in [5, 5.41) is 19.7. The maximum Gasteiger partial charge on any atom is 0.257 e. The lowest BCUT2D eigenvalue weighted by Gasteiger charge is -2.33. The van der Waals surface area contributed by atoms with Gasteiger partial charge in [0, 0.05) is 32.4 Å². The van der Waals surface area contributed by atoms with E-state index in [0.29, 0.717) is 44.0 Å². The fourth-order valence-electron chi connectivity index (χ4n) is 4.20. The Morgan fingerprint density at radius 1 is 1.27 bits per heavy atom. The van der Waals surface area contributed by atoms with Crippen molar-refractivity contribution in [2.45, 2.75) is 63.0 Å². The largest absolute Gasteiger partial charge is 0.393 e. The lowest BCUT2D eigenvalue weighted by molar-refractivity contribution is -0.0250. The first-order valence-electron chi connectivity index (χ1n) is 9.84. The van der Waals surface area contributed by atoms with Gasteiger partial charge < -0.3 is 20.0 Å². The predicted molar refractivity (Wildman–Crippen MR) is 101 cm³/mol. The minimum atomic E-state index is -1.06. The Bertz CT molecular complexity index is 618. The molecule has 26 heavy (non-hydrogen) atoms. The molecular formula is C20H31N3O3. The van der Waals surface area contributed by atoms with Crippen LogP contribution in [0.5, 0.6) is 0 Å². The van der Waals surface area contributed by atoms with Crippen LogP contribution >= 0.6 is 0 Å². The number of carbonyl (C=O) groups is 1. The summed E-state index contributed by atoms with van der Waals surface area (Å²) in [5.41, 5.74) is -0.430. The van der Waals surface area contributed by atoms with Crippen molar-refractivity contribution < 1.29 is 15.0 Å². The molecule has 0 bridgehead atoms. The second-order valence-corrected chi connectivity index (χ2v) is 7.81. The number of carbonyl (C=O) groups excluding carboxylic acids is 1. The molecular weight excluding hydrogens is 330 g/mol. The average Bonchev–Trinajstić information content (AvgIpc) is 2.90. The molecule has 1 aliphatic heterocycles. The molecule has 1 aliphatic carbocycles. The van der Waals surface area contributed by atoms with Gasteiger partial charge in [0.25, 0.3) is 5.91 Å². The Morgan fingerprint density at radius 3 is 2.77 bits per heavy atom. The van der Waals surface area contributed by atoms with Gasteiger partial charge in [-0.05, 0) is 44.2 Å². The maximum absolute atomic E-state index is 13.2. The third kappa shape index (κ3) is 4.18. The molecule has 2 N–H and O–H groups in total. The Kier molecular flexibility index (Phi) is 6.14. The SMILES string of the molecule is CN(c1ncccc1C(=O)N1CCC[C@@](O)(CO)CC1)C1CCCCC1. The smallest absolute Gasteiger partial charge is 0.257 e. The molecule has 6 nitrogen and oxygen atoms in total. The topological polar surface area (TPSA) is 76.9 Å². The van der Waals surface area contributed by atoms with Gasteiger partial charge in [0.15, 0.2) is 0 Å². The third-order valence-corrected chi connectivity index (χ3v) is 5.97. The van der Waals surface area contributed by atoms with Crippen molar-refractivity contribution in [1.82, 2.24) is 9.88 Å². The van der Waals surface area contributed by atoms with Crippen molar-refractivity contribution in [3.05, 3.63) is 23.9 Å². The Labute approximate surface area is 155 Å². The van der Waals surface area contributed by atoms with Crippen molar-refractivity contribution in [1.29, 1.82) is 0 Å². The molecule has 3 rings (SSSR count). The van der Waals surface area contributed by atoms with Gasteiger partial charge in [0.1, 0.15) is 5.82 Å². The molecule has 0 aromatic carbocycles. The lowest BCUT2D eigenvalue weighted by atomic mass is 9.94. The minimum absolute atomic E-state index is 0.0297. The Morgan fingerprint density at radius 2 is 2.04 bits per heavy atom. The summed E-state index contributed by atoms with van der Waals surface area (Å²) in [5.74, 6) is 0.726. The zero-order valence-corrected chi connectivity index (χ0v) is 15.7. The number of likely N-dealkylation sites (tertiary alicyclic amines) is 1. The molecule has 0 radical (unpaired) electrons. The highest BCUT2D eigenvalue weighted by Crippen LogP contribution is 2.29. The van der Waals surface area contributed by atoms with Gasteiger partial charge >= 0.3 is 0 Å². The number of aliphatic hydroxyl groups is 2. The number of hydrogen-bond donors (Lipinski definition) is 2. The van der Waals surface area contributed by atoms with E-state index in [0.717, 1.165) is 18.7 Å². The van der Waals surface area contributed by atoms with E-state index in [2.05, 4.69) is 9.88 Å². The van der Waals surface area contributed by atoms with Gasteiger partial charge in [-0.3, -0.25) is 4.79 Å². The van der Waals surface area contributed by atoms with Crippen LogP contribution in [0.2, 0.25) is 0 Å². The van der Waals surface area contributed by atoms with Gasteiger partial charge in [-0.15, -0.1) is 0 Å². The molecule has 1 aromatic rings. The number of hydrogen-bond acceptors (Lipinski definition) is 5. The van der Waals surface area contributed by atoms with E-state index in [1.807, 2.05) is 19.2 Å². The van der Waals surface area contributed by atoms with Crippen molar-refractivity contribution in [3.63, 3.8) is 0 Å². The fraction of sp³-hybridized carbons (Fsp3) is 0.700. The van der Waals surface area contributed by atoms with Crippen molar-refractivity contribution in [2.75, 3.05) is 31.6 Å². The van der Waals surface area contributed by atoms with Gasteiger partial charge in [-0.25, -0.2) is 4.98 Å². The van der Waals surface area contributed by atoms with Gasteiger partial charge in [0.05, 0.1) is 17.8 Å². The van der Waals surface area contributed by atoms with Gasteiger partial charge in [-0.1, -0.05) is 19.3 Å². The molecule has 6 heteroatoms. The van der Waals surface area contributed by atoms with Gasteiger partial charge in [0.2, 0.25) is 0 Å². The molecule has 2 fully saturated rings. The molecule has 0 unspecified atom stereocenters. The van der Waals surface area contributed by atoms with E-state index < -0.39 is 5.60 Å². The predicted octanol–water partition coefficient (Wildman–Crippen LogP) is 2.20. The summed E-state index contributed by atoms with van der Waals surface area (Å²) in [6.07, 6.45) is 9.42. The number of rotatable bonds is 4. The Hall–Kier alpha value is -1.66. The van der Waals surface area contributed by atoms with Crippen LogP contribution in [0.1, 0.15) is 61.7 Å². The molecule has 2 heterocycles. The van der Waals surface area contributed by atoms with E-state index in [4.69, 9.17) is 0 Å². The number of amides is 1. The van der Waals surface area contributed by atoms with Crippen LogP contribution in [0.15, 0.2) is 18.3 Å². The summed E-state index contributed by atoms with van der Waals surface area (Å²) in [7, 11) is 2.04.